The van der Waals surface area contributed by atoms with E-state index in [4.69, 9.17) is 22.1 Å². The molecule has 18 heavy (non-hydrogen) atoms. The normalized spacial score (nSPS) is 15.9. The van der Waals surface area contributed by atoms with Crippen molar-refractivity contribution in [3.63, 3.8) is 0 Å². The van der Waals surface area contributed by atoms with Crippen molar-refractivity contribution in [1.82, 2.24) is 0 Å². The van der Waals surface area contributed by atoms with Crippen molar-refractivity contribution in [2.24, 2.45) is 11.7 Å². The average Bonchev–Trinajstić information content (AvgIpc) is 2.82. The first-order valence-corrected chi connectivity index (χ1v) is 6.37. The van der Waals surface area contributed by atoms with Crippen LogP contribution in [0.25, 0.3) is 0 Å². The van der Waals surface area contributed by atoms with Gasteiger partial charge in [-0.3, -0.25) is 4.79 Å². The number of hydrogen-bond donors (Lipinski definition) is 1. The number of nitrogens with two attached hydrogens (primary N) is 1. The van der Waals surface area contributed by atoms with Crippen LogP contribution in [0.2, 0.25) is 5.02 Å². The molecular formula is C13H15ClFNO2. The van der Waals surface area contributed by atoms with E-state index in [2.05, 4.69) is 0 Å². The van der Waals surface area contributed by atoms with E-state index >= 15 is 0 Å². The van der Waals surface area contributed by atoms with Gasteiger partial charge in [0.05, 0.1) is 17.2 Å². The van der Waals surface area contributed by atoms with Gasteiger partial charge in [0.15, 0.2) is 0 Å². The summed E-state index contributed by atoms with van der Waals surface area (Å²) in [6.45, 7) is 0.537. The van der Waals surface area contributed by atoms with Crippen LogP contribution >= 0.6 is 11.6 Å². The molecule has 3 nitrogen and oxygen atoms in total. The molecule has 0 aromatic heterocycles. The lowest BCUT2D eigenvalue weighted by atomic mass is 10.1. The highest BCUT2D eigenvalue weighted by Crippen LogP contribution is 2.30. The quantitative estimate of drug-likeness (QED) is 0.915. The molecule has 0 spiro atoms. The Morgan fingerprint density at radius 3 is 2.72 bits per heavy atom. The second-order valence-corrected chi connectivity index (χ2v) is 5.00. The highest BCUT2D eigenvalue weighted by atomic mass is 35.5. The standard InChI is InChI=1S/C13H15ClFNO2/c14-10-5-9(13(16)17)11(15)6-12(10)18-7-8-3-1-2-4-8/h5-6,8H,1-4,7H2,(H2,16,17). The van der Waals surface area contributed by atoms with Gasteiger partial charge in [0, 0.05) is 6.07 Å². The molecule has 0 atom stereocenters. The lowest BCUT2D eigenvalue weighted by Gasteiger charge is -2.13. The van der Waals surface area contributed by atoms with Crippen molar-refractivity contribution in [3.05, 3.63) is 28.5 Å². The number of primary amides is 1. The van der Waals surface area contributed by atoms with Crippen LogP contribution in [0.4, 0.5) is 4.39 Å². The number of carbonyl (C=O) groups is 1. The van der Waals surface area contributed by atoms with E-state index in [0.717, 1.165) is 18.9 Å². The van der Waals surface area contributed by atoms with E-state index in [1.807, 2.05) is 0 Å². The maximum absolute atomic E-state index is 13.5. The zero-order valence-electron chi connectivity index (χ0n) is 9.92. The SMILES string of the molecule is NC(=O)c1cc(Cl)c(OCC2CCCC2)cc1F. The van der Waals surface area contributed by atoms with Gasteiger partial charge in [0.1, 0.15) is 11.6 Å². The summed E-state index contributed by atoms with van der Waals surface area (Å²) in [5.41, 5.74) is 4.81. The number of hydrogen-bond acceptors (Lipinski definition) is 2. The third-order valence-corrected chi connectivity index (χ3v) is 3.53. The molecule has 1 aliphatic rings. The molecule has 0 radical (unpaired) electrons. The molecule has 1 amide bonds. The van der Waals surface area contributed by atoms with E-state index in [-0.39, 0.29) is 16.3 Å². The van der Waals surface area contributed by atoms with Gasteiger partial charge < -0.3 is 10.5 Å². The van der Waals surface area contributed by atoms with Crippen molar-refractivity contribution in [3.8, 4) is 5.75 Å². The van der Waals surface area contributed by atoms with Crippen molar-refractivity contribution in [2.75, 3.05) is 6.61 Å². The topological polar surface area (TPSA) is 52.3 Å². The second kappa shape index (κ2) is 5.57. The summed E-state index contributed by atoms with van der Waals surface area (Å²) in [4.78, 5) is 10.9. The van der Waals surface area contributed by atoms with Crippen LogP contribution in [-0.2, 0) is 0 Å². The summed E-state index contributed by atoms with van der Waals surface area (Å²) in [6, 6.07) is 2.33. The van der Waals surface area contributed by atoms with Crippen LogP contribution in [0.15, 0.2) is 12.1 Å². The van der Waals surface area contributed by atoms with Crippen LogP contribution in [0.3, 0.4) is 0 Å². The molecule has 0 heterocycles. The minimum absolute atomic E-state index is 0.211. The van der Waals surface area contributed by atoms with Gasteiger partial charge in [-0.1, -0.05) is 24.4 Å². The molecule has 0 unspecified atom stereocenters. The summed E-state index contributed by atoms with van der Waals surface area (Å²) < 4.78 is 19.1. The fraction of sp³-hybridized carbons (Fsp3) is 0.462. The predicted molar refractivity (Wildman–Crippen MR) is 67.4 cm³/mol. The lowest BCUT2D eigenvalue weighted by molar-refractivity contribution is 0.0996. The Labute approximate surface area is 110 Å². The molecule has 0 bridgehead atoms. The lowest BCUT2D eigenvalue weighted by Crippen LogP contribution is -2.14. The highest BCUT2D eigenvalue weighted by molar-refractivity contribution is 6.32. The Morgan fingerprint density at radius 1 is 1.44 bits per heavy atom. The Morgan fingerprint density at radius 2 is 2.11 bits per heavy atom. The van der Waals surface area contributed by atoms with Gasteiger partial charge in [-0.05, 0) is 24.8 Å². The molecule has 2 rings (SSSR count). The van der Waals surface area contributed by atoms with Crippen LogP contribution in [0.1, 0.15) is 36.0 Å². The first-order chi connectivity index (χ1) is 8.58. The predicted octanol–water partition coefficient (Wildman–Crippen LogP) is 3.15. The second-order valence-electron chi connectivity index (χ2n) is 4.59. The number of halogens is 2. The maximum atomic E-state index is 13.5. The Bertz CT molecular complexity index is 459. The van der Waals surface area contributed by atoms with E-state index in [9.17, 15) is 9.18 Å². The highest BCUT2D eigenvalue weighted by Gasteiger charge is 2.18. The van der Waals surface area contributed by atoms with Crippen molar-refractivity contribution in [2.45, 2.75) is 25.7 Å². The van der Waals surface area contributed by atoms with Crippen LogP contribution < -0.4 is 10.5 Å². The summed E-state index contributed by atoms with van der Waals surface area (Å²) in [7, 11) is 0. The minimum atomic E-state index is -0.836. The van der Waals surface area contributed by atoms with Gasteiger partial charge in [-0.25, -0.2) is 4.39 Å². The number of ether oxygens (including phenoxy) is 1. The Kier molecular flexibility index (Phi) is 4.07. The van der Waals surface area contributed by atoms with E-state index in [1.54, 1.807) is 0 Å². The largest absolute Gasteiger partial charge is 0.492 e. The maximum Gasteiger partial charge on any atom is 0.251 e. The first-order valence-electron chi connectivity index (χ1n) is 5.99. The number of benzene rings is 1. The van der Waals surface area contributed by atoms with Crippen LogP contribution in [-0.4, -0.2) is 12.5 Å². The van der Waals surface area contributed by atoms with Gasteiger partial charge in [0.2, 0.25) is 0 Å². The number of carbonyl (C=O) groups excluding carboxylic acids is 1. The van der Waals surface area contributed by atoms with E-state index in [0.29, 0.717) is 12.5 Å². The van der Waals surface area contributed by atoms with Gasteiger partial charge >= 0.3 is 0 Å². The monoisotopic (exact) mass is 271 g/mol. The summed E-state index contributed by atoms with van der Waals surface area (Å²) in [5, 5.41) is 0.211. The summed E-state index contributed by atoms with van der Waals surface area (Å²) in [5.74, 6) is -0.754. The van der Waals surface area contributed by atoms with Gasteiger partial charge in [-0.2, -0.15) is 0 Å². The molecule has 2 N–H and O–H groups in total. The first kappa shape index (κ1) is 13.1. The zero-order chi connectivity index (χ0) is 13.1. The molecule has 1 aromatic rings. The van der Waals surface area contributed by atoms with E-state index in [1.165, 1.54) is 18.9 Å². The van der Waals surface area contributed by atoms with Crippen LogP contribution in [0, 0.1) is 11.7 Å². The molecule has 1 saturated carbocycles. The third-order valence-electron chi connectivity index (χ3n) is 3.24. The van der Waals surface area contributed by atoms with Gasteiger partial charge in [0.25, 0.3) is 5.91 Å². The molecular weight excluding hydrogens is 257 g/mol. The van der Waals surface area contributed by atoms with Crippen molar-refractivity contribution >= 4 is 17.5 Å². The molecule has 0 saturated heterocycles. The molecule has 1 aliphatic carbocycles. The zero-order valence-corrected chi connectivity index (χ0v) is 10.7. The van der Waals surface area contributed by atoms with Crippen LogP contribution in [0.5, 0.6) is 5.75 Å². The Hall–Kier alpha value is -1.29. The fourth-order valence-corrected chi connectivity index (χ4v) is 2.43. The fourth-order valence-electron chi connectivity index (χ4n) is 2.21. The van der Waals surface area contributed by atoms with Crippen molar-refractivity contribution < 1.29 is 13.9 Å². The summed E-state index contributed by atoms with van der Waals surface area (Å²) in [6.07, 6.45) is 4.71. The summed E-state index contributed by atoms with van der Waals surface area (Å²) >= 11 is 5.93. The minimum Gasteiger partial charge on any atom is -0.492 e. The number of rotatable bonds is 4. The van der Waals surface area contributed by atoms with Crippen molar-refractivity contribution in [1.29, 1.82) is 0 Å². The molecule has 0 aliphatic heterocycles. The van der Waals surface area contributed by atoms with Gasteiger partial charge in [-0.15, -0.1) is 0 Å². The Balaban J connectivity index is 2.08. The molecule has 1 fully saturated rings. The average molecular weight is 272 g/mol. The molecule has 5 heteroatoms. The molecule has 1 aromatic carbocycles. The molecule has 98 valence electrons. The smallest absolute Gasteiger partial charge is 0.251 e. The van der Waals surface area contributed by atoms with E-state index < -0.39 is 11.7 Å². The number of amides is 1. The third kappa shape index (κ3) is 2.93.